The van der Waals surface area contributed by atoms with Crippen molar-refractivity contribution in [2.24, 2.45) is 0 Å². The molecular formula is C14H15I2N2O5-. The molecule has 0 aromatic carbocycles. The summed E-state index contributed by atoms with van der Waals surface area (Å²) in [5.41, 5.74) is 1.22. The molecule has 9 heteroatoms. The van der Waals surface area contributed by atoms with Gasteiger partial charge in [0.2, 0.25) is 0 Å². The number of hydrogen-bond donors (Lipinski definition) is 2. The van der Waals surface area contributed by atoms with Crippen LogP contribution in [0.5, 0.6) is 5.75 Å². The van der Waals surface area contributed by atoms with Crippen molar-refractivity contribution in [3.05, 3.63) is 18.2 Å². The van der Waals surface area contributed by atoms with Gasteiger partial charge in [-0.1, -0.05) is 0 Å². The van der Waals surface area contributed by atoms with E-state index in [-0.39, 0.29) is 43.9 Å². The van der Waals surface area contributed by atoms with Crippen LogP contribution < -0.4 is 33.0 Å². The summed E-state index contributed by atoms with van der Waals surface area (Å²) in [6.45, 7) is 2.00. The Labute approximate surface area is 150 Å². The van der Waals surface area contributed by atoms with Crippen molar-refractivity contribution >= 4 is 43.5 Å². The SMILES string of the molecule is C[I-]C(C)(C(=O)OCCC(=O)Oc1cc2ccc1o2)C12NI1N2. The van der Waals surface area contributed by atoms with E-state index in [2.05, 4.69) is 12.0 Å². The van der Waals surface area contributed by atoms with Crippen LogP contribution >= 0.6 is 20.4 Å². The minimum atomic E-state index is -1.20. The third-order valence-electron chi connectivity index (χ3n) is 3.98. The maximum absolute atomic E-state index is 12.4. The fourth-order valence-electron chi connectivity index (χ4n) is 2.31. The molecule has 2 saturated heterocycles. The molecule has 2 fully saturated rings. The van der Waals surface area contributed by atoms with Crippen LogP contribution in [0.3, 0.4) is 0 Å². The molecule has 4 rings (SSSR count). The number of rotatable bonds is 7. The van der Waals surface area contributed by atoms with Crippen molar-refractivity contribution in [3.63, 3.8) is 0 Å². The van der Waals surface area contributed by atoms with Gasteiger partial charge in [0.1, 0.15) is 0 Å². The number of esters is 2. The summed E-state index contributed by atoms with van der Waals surface area (Å²) in [4.78, 5) is 26.3. The molecule has 2 aliphatic rings. The second-order valence-electron chi connectivity index (χ2n) is 5.39. The number of carbonyl (C=O) groups is 2. The Morgan fingerprint density at radius 2 is 2.17 bits per heavy atom. The van der Waals surface area contributed by atoms with Gasteiger partial charge in [-0.05, 0) is 0 Å². The van der Waals surface area contributed by atoms with Crippen LogP contribution in [0.4, 0.5) is 0 Å². The third-order valence-corrected chi connectivity index (χ3v) is 13.3. The standard InChI is InChI=1S/C14H15I2N2O5/c1-13(15-2,14-16(17-14)18-14)12(20)21-6-5-11(19)23-10-7-8-3-4-9(10)22-8/h3-4,7,17-18H,5-6H2,1-2H3/q-1. The predicted molar refractivity (Wildman–Crippen MR) is 86.0 cm³/mol. The van der Waals surface area contributed by atoms with E-state index in [0.29, 0.717) is 16.9 Å². The van der Waals surface area contributed by atoms with E-state index < -0.39 is 29.8 Å². The molecule has 4 heterocycles. The summed E-state index contributed by atoms with van der Waals surface area (Å²) in [5, 5.41) is 0. The third kappa shape index (κ3) is 2.51. The van der Waals surface area contributed by atoms with Crippen molar-refractivity contribution in [2.75, 3.05) is 11.5 Å². The van der Waals surface area contributed by atoms with Crippen molar-refractivity contribution < 1.29 is 44.7 Å². The first-order valence-electron chi connectivity index (χ1n) is 6.94. The van der Waals surface area contributed by atoms with Crippen LogP contribution in [-0.4, -0.2) is 30.6 Å². The van der Waals surface area contributed by atoms with E-state index in [1.165, 1.54) is 0 Å². The van der Waals surface area contributed by atoms with Crippen LogP contribution in [0.15, 0.2) is 22.6 Å². The molecule has 2 aliphatic heterocycles. The summed E-state index contributed by atoms with van der Waals surface area (Å²) in [6.07, 6.45) is 0.0314. The molecule has 2 N–H and O–H groups in total. The Kier molecular flexibility index (Phi) is 3.74. The Balaban J connectivity index is 1.27. The zero-order chi connectivity index (χ0) is 16.2. The topological polar surface area (TPSA) is 110 Å². The summed E-state index contributed by atoms with van der Waals surface area (Å²) in [5.74, 6) is -0.232. The second-order valence-corrected chi connectivity index (χ2v) is 12.9. The molecule has 0 aliphatic carbocycles. The summed E-state index contributed by atoms with van der Waals surface area (Å²) < 4.78 is 22.1. The first-order chi connectivity index (χ1) is 11.0. The van der Waals surface area contributed by atoms with Gasteiger partial charge in [0, 0.05) is 0 Å². The number of fused-ring (bicyclic) bond motifs is 3. The number of nitrogens with one attached hydrogen (secondary N) is 2. The average molecular weight is 545 g/mol. The van der Waals surface area contributed by atoms with Gasteiger partial charge in [-0.15, -0.1) is 0 Å². The van der Waals surface area contributed by atoms with E-state index in [9.17, 15) is 9.59 Å². The van der Waals surface area contributed by atoms with Crippen LogP contribution in [0.1, 0.15) is 13.3 Å². The number of benzene rings is 1. The first-order valence-corrected chi connectivity index (χ1v) is 13.4. The van der Waals surface area contributed by atoms with E-state index in [0.717, 1.165) is 0 Å². The predicted octanol–water partition coefficient (Wildman–Crippen LogP) is -1.62. The quantitative estimate of drug-likeness (QED) is 0.0820. The number of hydrogen-bond acceptors (Lipinski definition) is 7. The number of carbonyl (C=O) groups excluding carboxylic acids is 2. The fraction of sp³-hybridized carbons (Fsp3) is 0.429. The fourth-order valence-corrected chi connectivity index (χ4v) is 12.6. The number of ether oxygens (including phenoxy) is 2. The molecule has 23 heavy (non-hydrogen) atoms. The molecule has 7 nitrogen and oxygen atoms in total. The Bertz CT molecular complexity index is 772. The maximum atomic E-state index is 12.4. The van der Waals surface area contributed by atoms with Crippen LogP contribution in [-0.2, 0) is 14.3 Å². The summed E-state index contributed by atoms with van der Waals surface area (Å²) in [6, 6.07) is 5.22. The van der Waals surface area contributed by atoms with Crippen molar-refractivity contribution in [2.45, 2.75) is 20.4 Å². The molecule has 2 aromatic rings. The van der Waals surface area contributed by atoms with E-state index in [4.69, 9.17) is 13.9 Å². The number of furan rings is 2. The Morgan fingerprint density at radius 1 is 1.43 bits per heavy atom. The molecule has 0 amide bonds. The van der Waals surface area contributed by atoms with E-state index in [1.807, 2.05) is 6.92 Å². The molecular weight excluding hydrogens is 530 g/mol. The molecule has 126 valence electrons. The van der Waals surface area contributed by atoms with E-state index >= 15 is 0 Å². The average Bonchev–Trinajstić information content (AvgIpc) is 3.29. The van der Waals surface area contributed by atoms with Gasteiger partial charge in [-0.25, -0.2) is 0 Å². The van der Waals surface area contributed by atoms with Gasteiger partial charge in [-0.3, -0.25) is 0 Å². The molecule has 0 saturated carbocycles. The van der Waals surface area contributed by atoms with Gasteiger partial charge in [0.05, 0.1) is 0 Å². The van der Waals surface area contributed by atoms with Gasteiger partial charge in [-0.2, -0.15) is 0 Å². The van der Waals surface area contributed by atoms with Gasteiger partial charge in [0.25, 0.3) is 0 Å². The summed E-state index contributed by atoms with van der Waals surface area (Å²) in [7, 11) is 0. The molecule has 2 aromatic heterocycles. The molecule has 2 bridgehead atoms. The van der Waals surface area contributed by atoms with Crippen molar-refractivity contribution in [1.82, 2.24) is 7.06 Å². The zero-order valence-corrected chi connectivity index (χ0v) is 16.8. The first kappa shape index (κ1) is 15.8. The normalized spacial score (nSPS) is 21.7. The van der Waals surface area contributed by atoms with Gasteiger partial charge >= 0.3 is 151 Å². The van der Waals surface area contributed by atoms with Crippen LogP contribution in [0, 0.1) is 0 Å². The minimum absolute atomic E-state index is 0.0314. The van der Waals surface area contributed by atoms with Crippen molar-refractivity contribution in [3.8, 4) is 5.75 Å². The second kappa shape index (κ2) is 5.43. The molecule has 0 spiro atoms. The van der Waals surface area contributed by atoms with Gasteiger partial charge in [0.15, 0.2) is 0 Å². The monoisotopic (exact) mass is 545 g/mol. The van der Waals surface area contributed by atoms with Crippen molar-refractivity contribution in [1.29, 1.82) is 0 Å². The van der Waals surface area contributed by atoms with E-state index in [1.54, 1.807) is 18.2 Å². The number of alkyl halides is 3. The molecule has 1 atom stereocenters. The van der Waals surface area contributed by atoms with Gasteiger partial charge < -0.3 is 0 Å². The zero-order valence-electron chi connectivity index (χ0n) is 12.4. The molecule has 0 radical (unpaired) electrons. The Morgan fingerprint density at radius 3 is 2.70 bits per heavy atom. The summed E-state index contributed by atoms with van der Waals surface area (Å²) >= 11 is -1.53. The van der Waals surface area contributed by atoms with Crippen LogP contribution in [0.25, 0.3) is 11.2 Å². The number of halogens is 2. The van der Waals surface area contributed by atoms with Crippen LogP contribution in [0.2, 0.25) is 0 Å². The Hall–Kier alpha value is -0.660. The molecule has 1 unspecified atom stereocenters.